The Morgan fingerprint density at radius 3 is 2.67 bits per heavy atom. The van der Waals surface area contributed by atoms with Gasteiger partial charge in [-0.25, -0.2) is 0 Å². The van der Waals surface area contributed by atoms with E-state index in [4.69, 9.17) is 4.74 Å². The zero-order valence-electron chi connectivity index (χ0n) is 13.0. The van der Waals surface area contributed by atoms with Crippen molar-refractivity contribution in [1.82, 2.24) is 4.90 Å². The van der Waals surface area contributed by atoms with Gasteiger partial charge in [0.05, 0.1) is 5.56 Å². The summed E-state index contributed by atoms with van der Waals surface area (Å²) in [4.78, 5) is 24.9. The lowest BCUT2D eigenvalue weighted by atomic mass is 10.1. The summed E-state index contributed by atoms with van der Waals surface area (Å²) in [6.45, 7) is 4.40. The minimum atomic E-state index is -0.0973. The van der Waals surface area contributed by atoms with Crippen LogP contribution in [0.15, 0.2) is 24.3 Å². The molecule has 0 saturated carbocycles. The number of hydrogen-bond acceptors (Lipinski definition) is 3. The molecule has 1 rings (SSSR count). The van der Waals surface area contributed by atoms with E-state index in [-0.39, 0.29) is 5.91 Å². The van der Waals surface area contributed by atoms with Gasteiger partial charge in [-0.15, -0.1) is 0 Å². The van der Waals surface area contributed by atoms with Gasteiger partial charge in [0.25, 0.3) is 5.91 Å². The topological polar surface area (TPSA) is 46.6 Å². The molecule has 0 spiro atoms. The highest BCUT2D eigenvalue weighted by molar-refractivity contribution is 6.01. The summed E-state index contributed by atoms with van der Waals surface area (Å²) in [6, 6.07) is 6.90. The quantitative estimate of drug-likeness (QED) is 0.491. The van der Waals surface area contributed by atoms with Gasteiger partial charge in [0.15, 0.2) is 6.29 Å². The van der Waals surface area contributed by atoms with Crippen molar-refractivity contribution in [3.8, 4) is 0 Å². The molecule has 21 heavy (non-hydrogen) atoms. The van der Waals surface area contributed by atoms with Crippen molar-refractivity contribution in [2.45, 2.75) is 32.6 Å². The molecule has 0 radical (unpaired) electrons. The molecule has 0 N–H and O–H groups in total. The number of carbonyl (C=O) groups is 2. The lowest BCUT2D eigenvalue weighted by molar-refractivity contribution is 0.0787. The molecule has 4 nitrogen and oxygen atoms in total. The summed E-state index contributed by atoms with van der Waals surface area (Å²) >= 11 is 0. The fourth-order valence-electron chi connectivity index (χ4n) is 2.08. The number of unbranched alkanes of at least 4 members (excludes halogenated alkanes) is 2. The summed E-state index contributed by atoms with van der Waals surface area (Å²) in [7, 11) is 1.78. The van der Waals surface area contributed by atoms with Crippen LogP contribution in [0.1, 0.15) is 53.3 Å². The average molecular weight is 291 g/mol. The molecule has 1 aromatic carbocycles. The second-order valence-corrected chi connectivity index (χ2v) is 5.10. The third-order valence-electron chi connectivity index (χ3n) is 3.30. The molecule has 0 fully saturated rings. The Morgan fingerprint density at radius 2 is 1.95 bits per heavy atom. The zero-order chi connectivity index (χ0) is 15.5. The summed E-state index contributed by atoms with van der Waals surface area (Å²) < 4.78 is 5.42. The molecule has 0 aliphatic rings. The van der Waals surface area contributed by atoms with Crippen LogP contribution in [0.5, 0.6) is 0 Å². The van der Waals surface area contributed by atoms with Crippen molar-refractivity contribution in [3.05, 3.63) is 35.4 Å². The first-order valence-electron chi connectivity index (χ1n) is 7.58. The smallest absolute Gasteiger partial charge is 0.254 e. The standard InChI is InChI=1S/C17H25NO3/c1-3-12-21-13-8-4-7-11-18(2)17(20)16-10-6-5-9-15(16)14-19/h5-6,9-10,14H,3-4,7-8,11-13H2,1-2H3. The number of hydrogen-bond donors (Lipinski definition) is 0. The van der Waals surface area contributed by atoms with E-state index >= 15 is 0 Å². The molecule has 0 aromatic heterocycles. The van der Waals surface area contributed by atoms with Gasteiger partial charge in [-0.1, -0.05) is 25.1 Å². The number of amides is 1. The van der Waals surface area contributed by atoms with E-state index in [0.717, 1.165) is 45.2 Å². The monoisotopic (exact) mass is 291 g/mol. The second kappa shape index (κ2) is 10.1. The highest BCUT2D eigenvalue weighted by Crippen LogP contribution is 2.10. The van der Waals surface area contributed by atoms with Gasteiger partial charge in [-0.2, -0.15) is 0 Å². The molecular formula is C17H25NO3. The minimum absolute atomic E-state index is 0.0973. The fourth-order valence-corrected chi connectivity index (χ4v) is 2.08. The van der Waals surface area contributed by atoms with E-state index in [9.17, 15) is 9.59 Å². The first-order chi connectivity index (χ1) is 10.2. The third kappa shape index (κ3) is 6.08. The number of rotatable bonds is 10. The van der Waals surface area contributed by atoms with Crippen LogP contribution in [0.4, 0.5) is 0 Å². The van der Waals surface area contributed by atoms with E-state index in [0.29, 0.717) is 17.7 Å². The van der Waals surface area contributed by atoms with E-state index < -0.39 is 0 Å². The lowest BCUT2D eigenvalue weighted by Gasteiger charge is -2.18. The van der Waals surface area contributed by atoms with Crippen LogP contribution in [-0.2, 0) is 4.74 Å². The van der Waals surface area contributed by atoms with Crippen LogP contribution < -0.4 is 0 Å². The highest BCUT2D eigenvalue weighted by atomic mass is 16.5. The normalized spacial score (nSPS) is 10.4. The molecule has 0 aliphatic heterocycles. The fraction of sp³-hybridized carbons (Fsp3) is 0.529. The number of ether oxygens (including phenoxy) is 1. The van der Waals surface area contributed by atoms with Gasteiger partial charge in [0.2, 0.25) is 0 Å². The second-order valence-electron chi connectivity index (χ2n) is 5.10. The molecule has 0 aliphatic carbocycles. The summed E-state index contributed by atoms with van der Waals surface area (Å²) in [6.07, 6.45) is 4.78. The predicted molar refractivity (Wildman–Crippen MR) is 83.8 cm³/mol. The summed E-state index contributed by atoms with van der Waals surface area (Å²) in [5.74, 6) is -0.0973. The van der Waals surface area contributed by atoms with Crippen LogP contribution in [0.3, 0.4) is 0 Å². The number of nitrogens with zero attached hydrogens (tertiary/aromatic N) is 1. The number of aldehydes is 1. The van der Waals surface area contributed by atoms with Crippen molar-refractivity contribution in [2.75, 3.05) is 26.8 Å². The van der Waals surface area contributed by atoms with Crippen LogP contribution in [-0.4, -0.2) is 43.9 Å². The van der Waals surface area contributed by atoms with Gasteiger partial charge >= 0.3 is 0 Å². The zero-order valence-corrected chi connectivity index (χ0v) is 13.0. The van der Waals surface area contributed by atoms with E-state index in [2.05, 4.69) is 6.92 Å². The van der Waals surface area contributed by atoms with Crippen LogP contribution in [0.2, 0.25) is 0 Å². The average Bonchev–Trinajstić information content (AvgIpc) is 2.53. The Labute approximate surface area is 127 Å². The molecule has 116 valence electrons. The maximum absolute atomic E-state index is 12.3. The Morgan fingerprint density at radius 1 is 1.19 bits per heavy atom. The molecule has 1 aromatic rings. The van der Waals surface area contributed by atoms with E-state index in [1.807, 2.05) is 0 Å². The Balaban J connectivity index is 2.33. The largest absolute Gasteiger partial charge is 0.381 e. The van der Waals surface area contributed by atoms with Crippen molar-refractivity contribution in [3.63, 3.8) is 0 Å². The maximum Gasteiger partial charge on any atom is 0.254 e. The minimum Gasteiger partial charge on any atom is -0.381 e. The highest BCUT2D eigenvalue weighted by Gasteiger charge is 2.14. The molecule has 0 bridgehead atoms. The number of benzene rings is 1. The van der Waals surface area contributed by atoms with Crippen LogP contribution in [0.25, 0.3) is 0 Å². The van der Waals surface area contributed by atoms with Crippen LogP contribution in [0, 0.1) is 0 Å². The van der Waals surface area contributed by atoms with Gasteiger partial charge < -0.3 is 9.64 Å². The molecule has 0 saturated heterocycles. The Kier molecular flexibility index (Phi) is 8.36. The third-order valence-corrected chi connectivity index (χ3v) is 3.30. The molecule has 4 heteroatoms. The molecule has 0 atom stereocenters. The van der Waals surface area contributed by atoms with Gasteiger partial charge in [0, 0.05) is 32.4 Å². The molecule has 0 unspecified atom stereocenters. The first-order valence-corrected chi connectivity index (χ1v) is 7.58. The maximum atomic E-state index is 12.3. The lowest BCUT2D eigenvalue weighted by Crippen LogP contribution is -2.28. The van der Waals surface area contributed by atoms with Gasteiger partial charge in [-0.05, 0) is 31.7 Å². The summed E-state index contributed by atoms with van der Waals surface area (Å²) in [5.41, 5.74) is 0.920. The van der Waals surface area contributed by atoms with E-state index in [1.165, 1.54) is 0 Å². The predicted octanol–water partition coefficient (Wildman–Crippen LogP) is 3.17. The molecule has 0 heterocycles. The van der Waals surface area contributed by atoms with Crippen molar-refractivity contribution in [2.24, 2.45) is 0 Å². The number of carbonyl (C=O) groups excluding carboxylic acids is 2. The van der Waals surface area contributed by atoms with Crippen LogP contribution >= 0.6 is 0 Å². The van der Waals surface area contributed by atoms with Gasteiger partial charge in [-0.3, -0.25) is 9.59 Å². The Hall–Kier alpha value is -1.68. The van der Waals surface area contributed by atoms with E-state index in [1.54, 1.807) is 36.2 Å². The first kappa shape index (κ1) is 17.4. The van der Waals surface area contributed by atoms with Crippen molar-refractivity contribution in [1.29, 1.82) is 0 Å². The summed E-state index contributed by atoms with van der Waals surface area (Å²) in [5, 5.41) is 0. The van der Waals surface area contributed by atoms with Crippen molar-refractivity contribution >= 4 is 12.2 Å². The SMILES string of the molecule is CCCOCCCCCN(C)C(=O)c1ccccc1C=O. The Bertz CT molecular complexity index is 445. The molecular weight excluding hydrogens is 266 g/mol. The van der Waals surface area contributed by atoms with Crippen molar-refractivity contribution < 1.29 is 14.3 Å². The van der Waals surface area contributed by atoms with Gasteiger partial charge in [0.1, 0.15) is 0 Å². The molecule has 1 amide bonds.